The van der Waals surface area contributed by atoms with E-state index in [1.165, 1.54) is 6.08 Å². The standard InChI is InChI=1S/C54H72O11/c1-4-45(55)13-7-6-10-33-62-51(57)41-24-16-38(17-25-41)40-22-30-44(31-23-40)54(60)65-50-36(3)35-48(46-14-8-9-15-47(46)50)64-53(59)43-28-20-39(21-29-43)37-18-26-42(27-19-37)52(58)63-34-12-11-32-61-49(56)5-2/h4-5,8-9,14-15,35,37-44H,1-2,6-7,10-13,16-34H2,3H3. The molecule has 0 N–H and O–H groups in total. The number of esters is 5. The lowest BCUT2D eigenvalue weighted by Crippen LogP contribution is -2.32. The van der Waals surface area contributed by atoms with Crippen molar-refractivity contribution in [2.45, 2.75) is 148 Å². The maximum absolute atomic E-state index is 13.7. The predicted octanol–water partition coefficient (Wildman–Crippen LogP) is 11.1. The molecular formula is C54H72O11. The van der Waals surface area contributed by atoms with Crippen LogP contribution >= 0.6 is 0 Å². The van der Waals surface area contributed by atoms with Gasteiger partial charge < -0.3 is 23.7 Å². The first kappa shape index (κ1) is 49.6. The number of aryl methyl sites for hydroxylation is 1. The number of rotatable bonds is 21. The number of unbranched alkanes of at least 4 members (excludes halogenated alkanes) is 3. The van der Waals surface area contributed by atoms with Crippen LogP contribution in [-0.2, 0) is 43.0 Å². The van der Waals surface area contributed by atoms with Crippen molar-refractivity contribution in [2.24, 2.45) is 47.3 Å². The van der Waals surface area contributed by atoms with Crippen LogP contribution in [0.1, 0.15) is 147 Å². The minimum absolute atomic E-state index is 0.0374. The molecule has 0 aromatic heterocycles. The molecule has 2 aromatic rings. The molecule has 2 aromatic carbocycles. The Morgan fingerprint density at radius 2 is 0.923 bits per heavy atom. The second-order valence-corrected chi connectivity index (χ2v) is 19.3. The van der Waals surface area contributed by atoms with Gasteiger partial charge in [-0.15, -0.1) is 0 Å². The van der Waals surface area contributed by atoms with Gasteiger partial charge in [-0.25, -0.2) is 4.79 Å². The Labute approximate surface area is 385 Å². The van der Waals surface area contributed by atoms with Gasteiger partial charge in [0.15, 0.2) is 5.78 Å². The highest BCUT2D eigenvalue weighted by molar-refractivity contribution is 5.97. The van der Waals surface area contributed by atoms with Crippen molar-refractivity contribution in [3.63, 3.8) is 0 Å². The average molecular weight is 897 g/mol. The first-order valence-electron chi connectivity index (χ1n) is 24.8. The van der Waals surface area contributed by atoms with Gasteiger partial charge in [0.25, 0.3) is 0 Å². The number of ketones is 1. The van der Waals surface area contributed by atoms with Crippen LogP contribution in [0.15, 0.2) is 55.6 Å². The molecule has 0 heterocycles. The molecule has 4 aliphatic carbocycles. The Morgan fingerprint density at radius 3 is 1.38 bits per heavy atom. The number of carbonyl (C=O) groups excluding carboxylic acids is 6. The minimum atomic E-state index is -0.445. The highest BCUT2D eigenvalue weighted by Crippen LogP contribution is 2.45. The summed E-state index contributed by atoms with van der Waals surface area (Å²) in [5.41, 5.74) is 0.749. The lowest BCUT2D eigenvalue weighted by atomic mass is 9.69. The van der Waals surface area contributed by atoms with Crippen LogP contribution in [0.3, 0.4) is 0 Å². The third kappa shape index (κ3) is 14.3. The molecule has 0 saturated heterocycles. The molecule has 354 valence electrons. The van der Waals surface area contributed by atoms with Crippen LogP contribution in [0.4, 0.5) is 0 Å². The van der Waals surface area contributed by atoms with Gasteiger partial charge in [-0.3, -0.25) is 24.0 Å². The Balaban J connectivity index is 0.898. The number of hydrogen-bond acceptors (Lipinski definition) is 11. The van der Waals surface area contributed by atoms with Gasteiger partial charge in [-0.2, -0.15) is 0 Å². The first-order valence-corrected chi connectivity index (χ1v) is 24.8. The summed E-state index contributed by atoms with van der Waals surface area (Å²) in [6.45, 7) is 9.81. The Kier molecular flexibility index (Phi) is 19.2. The predicted molar refractivity (Wildman–Crippen MR) is 248 cm³/mol. The summed E-state index contributed by atoms with van der Waals surface area (Å²) in [6, 6.07) is 9.48. The van der Waals surface area contributed by atoms with Crippen LogP contribution in [-0.4, -0.2) is 55.5 Å². The number of hydrogen-bond donors (Lipinski definition) is 0. The fraction of sp³-hybridized carbons (Fsp3) is 0.630. The summed E-state index contributed by atoms with van der Waals surface area (Å²) >= 11 is 0. The molecule has 4 aliphatic rings. The second-order valence-electron chi connectivity index (χ2n) is 19.3. The fourth-order valence-corrected chi connectivity index (χ4v) is 11.0. The van der Waals surface area contributed by atoms with Crippen molar-refractivity contribution in [1.82, 2.24) is 0 Å². The van der Waals surface area contributed by atoms with E-state index in [1.807, 2.05) is 37.3 Å². The van der Waals surface area contributed by atoms with E-state index in [0.717, 1.165) is 144 Å². The monoisotopic (exact) mass is 897 g/mol. The number of ether oxygens (including phenoxy) is 5. The van der Waals surface area contributed by atoms with E-state index in [0.29, 0.717) is 67.6 Å². The molecule has 11 heteroatoms. The zero-order valence-corrected chi connectivity index (χ0v) is 38.7. The Hall–Kier alpha value is -4.80. The molecule has 0 amide bonds. The molecule has 0 radical (unpaired) electrons. The van der Waals surface area contributed by atoms with E-state index >= 15 is 0 Å². The van der Waals surface area contributed by atoms with Gasteiger partial charge in [0, 0.05) is 23.3 Å². The molecule has 0 unspecified atom stereocenters. The van der Waals surface area contributed by atoms with E-state index in [4.69, 9.17) is 23.7 Å². The summed E-state index contributed by atoms with van der Waals surface area (Å²) in [5.74, 6) is 1.72. The maximum Gasteiger partial charge on any atom is 0.330 e. The lowest BCUT2D eigenvalue weighted by Gasteiger charge is -2.37. The molecule has 4 saturated carbocycles. The molecule has 4 fully saturated rings. The second kappa shape index (κ2) is 25.2. The van der Waals surface area contributed by atoms with E-state index in [1.54, 1.807) is 0 Å². The smallest absolute Gasteiger partial charge is 0.330 e. The molecule has 0 atom stereocenters. The molecule has 0 bridgehead atoms. The summed E-state index contributed by atoms with van der Waals surface area (Å²) in [5, 5.41) is 1.50. The lowest BCUT2D eigenvalue weighted by molar-refractivity contribution is -0.151. The summed E-state index contributed by atoms with van der Waals surface area (Å²) in [7, 11) is 0. The zero-order valence-electron chi connectivity index (χ0n) is 38.7. The first-order chi connectivity index (χ1) is 31.5. The van der Waals surface area contributed by atoms with Crippen molar-refractivity contribution >= 4 is 46.4 Å². The van der Waals surface area contributed by atoms with Crippen LogP contribution < -0.4 is 9.47 Å². The summed E-state index contributed by atoms with van der Waals surface area (Å²) < 4.78 is 28.4. The van der Waals surface area contributed by atoms with Gasteiger partial charge in [0.05, 0.1) is 43.5 Å². The number of benzene rings is 2. The van der Waals surface area contributed by atoms with Crippen LogP contribution in [0.5, 0.6) is 11.5 Å². The Morgan fingerprint density at radius 1 is 0.508 bits per heavy atom. The topological polar surface area (TPSA) is 149 Å². The third-order valence-corrected chi connectivity index (χ3v) is 15.0. The van der Waals surface area contributed by atoms with Gasteiger partial charge >= 0.3 is 29.8 Å². The molecule has 0 spiro atoms. The van der Waals surface area contributed by atoms with Crippen LogP contribution in [0.2, 0.25) is 0 Å². The Bertz CT molecular complexity index is 1950. The number of carbonyl (C=O) groups is 6. The largest absolute Gasteiger partial charge is 0.465 e. The fourth-order valence-electron chi connectivity index (χ4n) is 11.0. The molecule has 65 heavy (non-hydrogen) atoms. The molecule has 6 rings (SSSR count). The molecule has 0 aliphatic heterocycles. The quantitative estimate of drug-likeness (QED) is 0.0387. The highest BCUT2D eigenvalue weighted by atomic mass is 16.6. The third-order valence-electron chi connectivity index (χ3n) is 15.0. The number of allylic oxidation sites excluding steroid dienone is 1. The summed E-state index contributed by atoms with van der Waals surface area (Å²) in [6.07, 6.45) is 21.1. The SMILES string of the molecule is C=CC(=O)CCCCCOC(=O)C1CCC(C2CCC(C(=O)Oc3c(C)cc(OC(=O)C4CCC(C5CCC(C(=O)OCCCCOC(=O)C=C)CC5)CC4)c4ccccc34)CC2)CC1. The molecule has 11 nitrogen and oxygen atoms in total. The number of fused-ring (bicyclic) bond motifs is 1. The van der Waals surface area contributed by atoms with Gasteiger partial charge in [-0.05, 0) is 183 Å². The van der Waals surface area contributed by atoms with E-state index in [9.17, 15) is 28.8 Å². The highest BCUT2D eigenvalue weighted by Gasteiger charge is 2.37. The van der Waals surface area contributed by atoms with Crippen molar-refractivity contribution < 1.29 is 52.5 Å². The van der Waals surface area contributed by atoms with Crippen molar-refractivity contribution in [3.05, 3.63) is 61.2 Å². The van der Waals surface area contributed by atoms with E-state index in [2.05, 4.69) is 13.2 Å². The minimum Gasteiger partial charge on any atom is -0.465 e. The van der Waals surface area contributed by atoms with Crippen molar-refractivity contribution in [3.8, 4) is 11.5 Å². The average Bonchev–Trinajstić information content (AvgIpc) is 3.34. The molecular weight excluding hydrogens is 825 g/mol. The summed E-state index contributed by atoms with van der Waals surface area (Å²) in [4.78, 5) is 75.2. The van der Waals surface area contributed by atoms with Crippen molar-refractivity contribution in [1.29, 1.82) is 0 Å². The van der Waals surface area contributed by atoms with Crippen molar-refractivity contribution in [2.75, 3.05) is 19.8 Å². The van der Waals surface area contributed by atoms with E-state index < -0.39 is 5.97 Å². The normalized spacial score (nSPS) is 25.7. The maximum atomic E-state index is 13.7. The van der Waals surface area contributed by atoms with Gasteiger partial charge in [-0.1, -0.05) is 37.4 Å². The van der Waals surface area contributed by atoms with Crippen LogP contribution in [0, 0.1) is 54.3 Å². The van der Waals surface area contributed by atoms with Crippen LogP contribution in [0.25, 0.3) is 10.8 Å². The van der Waals surface area contributed by atoms with Gasteiger partial charge in [0.2, 0.25) is 0 Å². The van der Waals surface area contributed by atoms with E-state index in [-0.39, 0.29) is 59.9 Å². The van der Waals surface area contributed by atoms with Gasteiger partial charge in [0.1, 0.15) is 11.5 Å². The zero-order chi connectivity index (χ0) is 46.1.